The van der Waals surface area contributed by atoms with Gasteiger partial charge < -0.3 is 10.3 Å². The third kappa shape index (κ3) is 3.13. The van der Waals surface area contributed by atoms with Gasteiger partial charge in [-0.2, -0.15) is 5.10 Å². The molecule has 0 amide bonds. The molecule has 1 saturated heterocycles. The number of piperazine rings is 1. The average Bonchev–Trinajstić information content (AvgIpc) is 3.24. The Labute approximate surface area is 123 Å². The van der Waals surface area contributed by atoms with Crippen molar-refractivity contribution in [3.8, 4) is 0 Å². The summed E-state index contributed by atoms with van der Waals surface area (Å²) in [6, 6.07) is 0. The molecule has 2 aliphatic rings. The van der Waals surface area contributed by atoms with Crippen LogP contribution in [0, 0.1) is 5.92 Å². The van der Waals surface area contributed by atoms with Crippen LogP contribution in [0.2, 0.25) is 5.02 Å². The fraction of sp³-hybridized carbons (Fsp3) is 0.692. The summed E-state index contributed by atoms with van der Waals surface area (Å²) in [5.74, 6) is 0.609. The Morgan fingerprint density at radius 1 is 1.35 bits per heavy atom. The number of halogens is 1. The van der Waals surface area contributed by atoms with E-state index in [-0.39, 0.29) is 5.56 Å². The first kappa shape index (κ1) is 13.9. The van der Waals surface area contributed by atoms with E-state index in [2.05, 4.69) is 22.5 Å². The fourth-order valence-corrected chi connectivity index (χ4v) is 2.49. The molecule has 6 nitrogen and oxygen atoms in total. The molecule has 0 atom stereocenters. The highest BCUT2D eigenvalue weighted by Crippen LogP contribution is 2.30. The zero-order valence-corrected chi connectivity index (χ0v) is 12.4. The van der Waals surface area contributed by atoms with Crippen molar-refractivity contribution in [2.24, 2.45) is 5.92 Å². The van der Waals surface area contributed by atoms with Crippen LogP contribution < -0.4 is 11.0 Å². The van der Waals surface area contributed by atoms with Crippen LogP contribution in [-0.4, -0.2) is 52.9 Å². The van der Waals surface area contributed by atoms with Gasteiger partial charge in [-0.15, -0.1) is 0 Å². The van der Waals surface area contributed by atoms with Gasteiger partial charge in [-0.3, -0.25) is 4.79 Å². The maximum absolute atomic E-state index is 12.4. The molecule has 0 unspecified atom stereocenters. The van der Waals surface area contributed by atoms with Crippen molar-refractivity contribution in [3.63, 3.8) is 0 Å². The van der Waals surface area contributed by atoms with E-state index in [4.69, 9.17) is 11.6 Å². The number of aromatic nitrogens is 2. The predicted molar refractivity (Wildman–Crippen MR) is 78.9 cm³/mol. The van der Waals surface area contributed by atoms with Gasteiger partial charge in [0, 0.05) is 32.7 Å². The van der Waals surface area contributed by atoms with Gasteiger partial charge in [-0.05, 0) is 25.8 Å². The first-order valence-corrected chi connectivity index (χ1v) is 7.47. The van der Waals surface area contributed by atoms with Crippen molar-refractivity contribution in [3.05, 3.63) is 21.6 Å². The molecule has 1 N–H and O–H groups in total. The summed E-state index contributed by atoms with van der Waals surface area (Å²) >= 11 is 6.13. The number of anilines is 1. The number of rotatable bonds is 4. The van der Waals surface area contributed by atoms with E-state index in [1.165, 1.54) is 17.5 Å². The summed E-state index contributed by atoms with van der Waals surface area (Å²) in [5, 5.41) is 6.56. The minimum atomic E-state index is -0.122. The highest BCUT2D eigenvalue weighted by molar-refractivity contribution is 6.32. The van der Waals surface area contributed by atoms with Crippen LogP contribution in [0.4, 0.5) is 5.69 Å². The van der Waals surface area contributed by atoms with Gasteiger partial charge >= 0.3 is 0 Å². The third-order valence-corrected chi connectivity index (χ3v) is 4.19. The first-order chi connectivity index (χ1) is 9.63. The number of likely N-dealkylation sites (N-methyl/N-ethyl adjacent to an activating group) is 1. The molecule has 20 heavy (non-hydrogen) atoms. The van der Waals surface area contributed by atoms with Gasteiger partial charge in [-0.25, -0.2) is 9.69 Å². The number of nitrogens with one attached hydrogen (secondary N) is 1. The van der Waals surface area contributed by atoms with Gasteiger partial charge in [0.15, 0.2) is 0 Å². The molecular formula is C13H20ClN5O. The lowest BCUT2D eigenvalue weighted by Gasteiger charge is -2.33. The molecule has 110 valence electrons. The summed E-state index contributed by atoms with van der Waals surface area (Å²) in [5.41, 5.74) is 3.50. The molecule has 1 aromatic heterocycles. The Balaban J connectivity index is 1.75. The summed E-state index contributed by atoms with van der Waals surface area (Å²) in [7, 11) is 2.10. The molecule has 1 saturated carbocycles. The second-order valence-corrected chi connectivity index (χ2v) is 6.11. The van der Waals surface area contributed by atoms with Crippen LogP contribution in [0.3, 0.4) is 0 Å². The monoisotopic (exact) mass is 297 g/mol. The third-order valence-electron chi connectivity index (χ3n) is 3.90. The molecule has 1 aliphatic heterocycles. The highest BCUT2D eigenvalue weighted by Gasteiger charge is 2.24. The molecule has 1 aromatic rings. The van der Waals surface area contributed by atoms with Crippen LogP contribution in [0.15, 0.2) is 11.0 Å². The van der Waals surface area contributed by atoms with Gasteiger partial charge in [0.25, 0.3) is 5.56 Å². The van der Waals surface area contributed by atoms with E-state index in [1.807, 2.05) is 5.01 Å². The number of nitrogens with zero attached hydrogens (tertiary/aromatic N) is 4. The normalized spacial score (nSPS) is 21.1. The second-order valence-electron chi connectivity index (χ2n) is 5.70. The predicted octanol–water partition coefficient (Wildman–Crippen LogP) is 0.881. The maximum atomic E-state index is 12.4. The molecule has 0 bridgehead atoms. The SMILES string of the molecule is CN1CCN(Nc2c(Cl)cnn(CC3CC3)c2=O)CC1. The molecule has 2 heterocycles. The quantitative estimate of drug-likeness (QED) is 0.894. The number of hydrogen-bond acceptors (Lipinski definition) is 5. The Hall–Kier alpha value is -1.11. The molecule has 7 heteroatoms. The summed E-state index contributed by atoms with van der Waals surface area (Å²) in [6.07, 6.45) is 3.94. The standard InChI is InChI=1S/C13H20ClN5O/c1-17-4-6-18(7-5-17)16-12-11(14)8-15-19(13(12)20)9-10-2-3-10/h8,10,16H,2-7,9H2,1H3. The lowest BCUT2D eigenvalue weighted by molar-refractivity contribution is 0.178. The Kier molecular flexibility index (Phi) is 3.96. The van der Waals surface area contributed by atoms with E-state index >= 15 is 0 Å². The van der Waals surface area contributed by atoms with E-state index < -0.39 is 0 Å². The Bertz CT molecular complexity index is 534. The van der Waals surface area contributed by atoms with Crippen molar-refractivity contribution in [1.82, 2.24) is 19.7 Å². The van der Waals surface area contributed by atoms with E-state index in [9.17, 15) is 4.79 Å². The molecule has 3 rings (SSSR count). The molecular weight excluding hydrogens is 278 g/mol. The van der Waals surface area contributed by atoms with Crippen LogP contribution in [-0.2, 0) is 6.54 Å². The lowest BCUT2D eigenvalue weighted by atomic mass is 10.4. The maximum Gasteiger partial charge on any atom is 0.292 e. The highest BCUT2D eigenvalue weighted by atomic mass is 35.5. The van der Waals surface area contributed by atoms with Crippen molar-refractivity contribution in [1.29, 1.82) is 0 Å². The molecule has 2 fully saturated rings. The Morgan fingerprint density at radius 2 is 2.05 bits per heavy atom. The largest absolute Gasteiger partial charge is 0.313 e. The number of hydrazine groups is 1. The van der Waals surface area contributed by atoms with Crippen LogP contribution >= 0.6 is 11.6 Å². The molecule has 1 aliphatic carbocycles. The second kappa shape index (κ2) is 5.71. The Morgan fingerprint density at radius 3 is 2.70 bits per heavy atom. The van der Waals surface area contributed by atoms with Crippen molar-refractivity contribution < 1.29 is 0 Å². The van der Waals surface area contributed by atoms with Crippen LogP contribution in [0.1, 0.15) is 12.8 Å². The van der Waals surface area contributed by atoms with Crippen LogP contribution in [0.5, 0.6) is 0 Å². The van der Waals surface area contributed by atoms with Gasteiger partial charge in [0.1, 0.15) is 5.69 Å². The number of hydrogen-bond donors (Lipinski definition) is 1. The zero-order valence-electron chi connectivity index (χ0n) is 11.7. The molecule has 0 radical (unpaired) electrons. The first-order valence-electron chi connectivity index (χ1n) is 7.09. The van der Waals surface area contributed by atoms with Crippen LogP contribution in [0.25, 0.3) is 0 Å². The smallest absolute Gasteiger partial charge is 0.292 e. The van der Waals surface area contributed by atoms with E-state index in [1.54, 1.807) is 6.20 Å². The van der Waals surface area contributed by atoms with Crippen molar-refractivity contribution >= 4 is 17.3 Å². The minimum Gasteiger partial charge on any atom is -0.313 e. The molecule has 0 aromatic carbocycles. The summed E-state index contributed by atoms with van der Waals surface area (Å²) in [4.78, 5) is 14.7. The van der Waals surface area contributed by atoms with E-state index in [0.717, 1.165) is 26.2 Å². The zero-order chi connectivity index (χ0) is 14.1. The molecule has 0 spiro atoms. The topological polar surface area (TPSA) is 53.4 Å². The van der Waals surface area contributed by atoms with Gasteiger partial charge in [0.2, 0.25) is 0 Å². The summed E-state index contributed by atoms with van der Waals surface area (Å²) in [6.45, 7) is 4.40. The van der Waals surface area contributed by atoms with Gasteiger partial charge in [0.05, 0.1) is 11.2 Å². The average molecular weight is 298 g/mol. The van der Waals surface area contributed by atoms with Crippen molar-refractivity contribution in [2.45, 2.75) is 19.4 Å². The summed E-state index contributed by atoms with van der Waals surface area (Å²) < 4.78 is 1.53. The minimum absolute atomic E-state index is 0.122. The van der Waals surface area contributed by atoms with Crippen molar-refractivity contribution in [2.75, 3.05) is 38.7 Å². The van der Waals surface area contributed by atoms with Gasteiger partial charge in [-0.1, -0.05) is 11.6 Å². The lowest BCUT2D eigenvalue weighted by Crippen LogP contribution is -2.48. The van der Waals surface area contributed by atoms with E-state index in [0.29, 0.717) is 23.2 Å². The fourth-order valence-electron chi connectivity index (χ4n) is 2.32.